The first-order valence-corrected chi connectivity index (χ1v) is 4.57. The second kappa shape index (κ2) is 6.62. The third-order valence-corrected chi connectivity index (χ3v) is 2.13. The van der Waals surface area contributed by atoms with Crippen molar-refractivity contribution in [3.8, 4) is 0 Å². The number of rotatable bonds is 2. The van der Waals surface area contributed by atoms with Gasteiger partial charge in [-0.1, -0.05) is 13.8 Å². The Balaban J connectivity index is 0.000000461. The molecule has 1 aliphatic carbocycles. The van der Waals surface area contributed by atoms with Gasteiger partial charge in [0.15, 0.2) is 0 Å². The van der Waals surface area contributed by atoms with Crippen LogP contribution in [0.15, 0.2) is 0 Å². The molecule has 1 rings (SSSR count). The van der Waals surface area contributed by atoms with Gasteiger partial charge in [-0.3, -0.25) is 0 Å². The van der Waals surface area contributed by atoms with Gasteiger partial charge in [-0.2, -0.15) is 0 Å². The van der Waals surface area contributed by atoms with Crippen molar-refractivity contribution in [3.05, 3.63) is 0 Å². The molecule has 1 aliphatic rings. The molecule has 11 heavy (non-hydrogen) atoms. The zero-order valence-corrected chi connectivity index (χ0v) is 8.18. The van der Waals surface area contributed by atoms with Gasteiger partial charge >= 0.3 is 0 Å². The fourth-order valence-electron chi connectivity index (χ4n) is 1.42. The summed E-state index contributed by atoms with van der Waals surface area (Å²) < 4.78 is 5.20. The van der Waals surface area contributed by atoms with Crippen molar-refractivity contribution in [1.82, 2.24) is 5.32 Å². The molecule has 0 bridgehead atoms. The summed E-state index contributed by atoms with van der Waals surface area (Å²) in [4.78, 5) is 0. The lowest BCUT2D eigenvalue weighted by Gasteiger charge is -2.07. The highest BCUT2D eigenvalue weighted by Gasteiger charge is 2.22. The van der Waals surface area contributed by atoms with E-state index in [9.17, 15) is 0 Å². The monoisotopic (exact) mass is 159 g/mol. The van der Waals surface area contributed by atoms with Crippen molar-refractivity contribution in [2.24, 2.45) is 0 Å². The summed E-state index contributed by atoms with van der Waals surface area (Å²) in [5, 5.41) is 3.25. The van der Waals surface area contributed by atoms with Gasteiger partial charge in [0, 0.05) is 13.2 Å². The lowest BCUT2D eigenvalue weighted by atomic mass is 10.2. The van der Waals surface area contributed by atoms with Crippen molar-refractivity contribution in [1.29, 1.82) is 0 Å². The Morgan fingerprint density at radius 2 is 1.91 bits per heavy atom. The van der Waals surface area contributed by atoms with Gasteiger partial charge in [0.05, 0.1) is 6.10 Å². The lowest BCUT2D eigenvalue weighted by Crippen LogP contribution is -2.22. The summed E-state index contributed by atoms with van der Waals surface area (Å²) in [6.07, 6.45) is 4.20. The highest BCUT2D eigenvalue weighted by Crippen LogP contribution is 2.20. The van der Waals surface area contributed by atoms with E-state index in [4.69, 9.17) is 4.74 Å². The number of ether oxygens (including phenoxy) is 1. The molecular weight excluding hydrogens is 138 g/mol. The first-order valence-electron chi connectivity index (χ1n) is 4.57. The number of nitrogens with one attached hydrogen (secondary N) is 1. The first-order chi connectivity index (χ1) is 5.36. The van der Waals surface area contributed by atoms with Gasteiger partial charge in [-0.25, -0.2) is 0 Å². The van der Waals surface area contributed by atoms with Crippen molar-refractivity contribution >= 4 is 0 Å². The molecule has 68 valence electrons. The van der Waals surface area contributed by atoms with Crippen molar-refractivity contribution < 1.29 is 4.74 Å². The second-order valence-electron chi connectivity index (χ2n) is 2.66. The summed E-state index contributed by atoms with van der Waals surface area (Å²) >= 11 is 0. The second-order valence-corrected chi connectivity index (χ2v) is 2.66. The number of hydrogen-bond donors (Lipinski definition) is 1. The molecule has 2 atom stereocenters. The van der Waals surface area contributed by atoms with Crippen molar-refractivity contribution in [3.63, 3.8) is 0 Å². The average molecular weight is 159 g/mol. The molecular formula is C9H21NO. The number of hydrogen-bond acceptors (Lipinski definition) is 2. The van der Waals surface area contributed by atoms with E-state index in [1.165, 1.54) is 19.3 Å². The standard InChI is InChI=1S/C7H15NO.C2H6/c1-8-6-3-4-7(5-6)9-2;1-2/h6-8H,3-5H2,1-2H3;1-2H3. The van der Waals surface area contributed by atoms with E-state index < -0.39 is 0 Å². The third-order valence-electron chi connectivity index (χ3n) is 2.13. The van der Waals surface area contributed by atoms with Crippen LogP contribution in [0, 0.1) is 0 Å². The molecule has 0 spiro atoms. The quantitative estimate of drug-likeness (QED) is 0.663. The molecule has 0 heterocycles. The number of methoxy groups -OCH3 is 1. The molecule has 1 saturated carbocycles. The normalized spacial score (nSPS) is 29.5. The Morgan fingerprint density at radius 3 is 2.18 bits per heavy atom. The van der Waals surface area contributed by atoms with Crippen LogP contribution in [0.25, 0.3) is 0 Å². The van der Waals surface area contributed by atoms with Crippen molar-refractivity contribution in [2.75, 3.05) is 14.2 Å². The molecule has 0 aromatic rings. The fourth-order valence-corrected chi connectivity index (χ4v) is 1.42. The average Bonchev–Trinajstić information content (AvgIpc) is 2.55. The van der Waals surface area contributed by atoms with Gasteiger partial charge in [-0.05, 0) is 26.3 Å². The molecule has 0 radical (unpaired) electrons. The predicted molar refractivity (Wildman–Crippen MR) is 48.8 cm³/mol. The first kappa shape index (κ1) is 10.9. The third kappa shape index (κ3) is 3.73. The van der Waals surface area contributed by atoms with Crippen LogP contribution in [0.3, 0.4) is 0 Å². The van der Waals surface area contributed by atoms with Gasteiger partial charge in [0.25, 0.3) is 0 Å². The van der Waals surface area contributed by atoms with E-state index in [2.05, 4.69) is 5.32 Å². The highest BCUT2D eigenvalue weighted by molar-refractivity contribution is 4.79. The molecule has 1 fully saturated rings. The maximum atomic E-state index is 5.20. The molecule has 1 N–H and O–H groups in total. The van der Waals surface area contributed by atoms with E-state index in [-0.39, 0.29) is 0 Å². The summed E-state index contributed by atoms with van der Waals surface area (Å²) in [7, 11) is 3.81. The minimum atomic E-state index is 0.516. The van der Waals surface area contributed by atoms with Gasteiger partial charge in [0.2, 0.25) is 0 Å². The van der Waals surface area contributed by atoms with Crippen LogP contribution in [-0.2, 0) is 4.74 Å². The molecule has 0 saturated heterocycles. The Labute approximate surface area is 70.3 Å². The summed E-state index contributed by atoms with van der Waals surface area (Å²) in [6, 6.07) is 0.704. The van der Waals surface area contributed by atoms with Crippen LogP contribution in [0.4, 0.5) is 0 Å². The SMILES string of the molecule is CC.CNC1CCC(OC)C1. The van der Waals surface area contributed by atoms with Gasteiger partial charge < -0.3 is 10.1 Å². The lowest BCUT2D eigenvalue weighted by molar-refractivity contribution is 0.107. The highest BCUT2D eigenvalue weighted by atomic mass is 16.5. The molecule has 0 aliphatic heterocycles. The Kier molecular flexibility index (Phi) is 6.57. The van der Waals surface area contributed by atoms with Crippen LogP contribution >= 0.6 is 0 Å². The minimum absolute atomic E-state index is 0.516. The van der Waals surface area contributed by atoms with Crippen LogP contribution < -0.4 is 5.32 Å². The van der Waals surface area contributed by atoms with E-state index in [1.807, 2.05) is 20.9 Å². The maximum absolute atomic E-state index is 5.20. The zero-order valence-electron chi connectivity index (χ0n) is 8.18. The topological polar surface area (TPSA) is 21.3 Å². The summed E-state index contributed by atoms with van der Waals surface area (Å²) in [5.74, 6) is 0. The van der Waals surface area contributed by atoms with Crippen LogP contribution in [0.5, 0.6) is 0 Å². The molecule has 0 aromatic carbocycles. The van der Waals surface area contributed by atoms with E-state index >= 15 is 0 Å². The van der Waals surface area contributed by atoms with Crippen LogP contribution in [0.2, 0.25) is 0 Å². The van der Waals surface area contributed by atoms with Gasteiger partial charge in [0.1, 0.15) is 0 Å². The summed E-state index contributed by atoms with van der Waals surface area (Å²) in [6.45, 7) is 4.00. The van der Waals surface area contributed by atoms with Crippen LogP contribution in [0.1, 0.15) is 33.1 Å². The largest absolute Gasteiger partial charge is 0.381 e. The van der Waals surface area contributed by atoms with Gasteiger partial charge in [-0.15, -0.1) is 0 Å². The zero-order chi connectivity index (χ0) is 8.69. The molecule has 2 heteroatoms. The maximum Gasteiger partial charge on any atom is 0.0586 e. The Hall–Kier alpha value is -0.0800. The molecule has 2 nitrogen and oxygen atoms in total. The Morgan fingerprint density at radius 1 is 1.27 bits per heavy atom. The molecule has 0 aromatic heterocycles. The summed E-state index contributed by atoms with van der Waals surface area (Å²) in [5.41, 5.74) is 0. The van der Waals surface area contributed by atoms with E-state index in [0.29, 0.717) is 12.1 Å². The smallest absolute Gasteiger partial charge is 0.0586 e. The fraction of sp³-hybridized carbons (Fsp3) is 1.00. The van der Waals surface area contributed by atoms with E-state index in [0.717, 1.165) is 0 Å². The molecule has 2 unspecified atom stereocenters. The van der Waals surface area contributed by atoms with Crippen molar-refractivity contribution in [2.45, 2.75) is 45.3 Å². The molecule has 0 amide bonds. The van der Waals surface area contributed by atoms with E-state index in [1.54, 1.807) is 7.11 Å². The van der Waals surface area contributed by atoms with Crippen LogP contribution in [-0.4, -0.2) is 26.3 Å². The Bertz CT molecular complexity index is 75.6. The minimum Gasteiger partial charge on any atom is -0.381 e. The predicted octanol–water partition coefficient (Wildman–Crippen LogP) is 1.80.